The summed E-state index contributed by atoms with van der Waals surface area (Å²) < 4.78 is 33.5. The molecule has 2 amide bonds. The van der Waals surface area contributed by atoms with E-state index in [0.717, 1.165) is 11.3 Å². The lowest BCUT2D eigenvalue weighted by molar-refractivity contribution is -0.136. The van der Waals surface area contributed by atoms with Crippen molar-refractivity contribution in [3.8, 4) is 0 Å². The molecule has 1 unspecified atom stereocenters. The number of rotatable bonds is 7. The number of anilines is 1. The second-order valence-corrected chi connectivity index (χ2v) is 10.1. The first-order valence-corrected chi connectivity index (χ1v) is 12.0. The predicted octanol–water partition coefficient (Wildman–Crippen LogP) is 2.09. The van der Waals surface area contributed by atoms with Crippen molar-refractivity contribution in [2.75, 3.05) is 30.0 Å². The van der Waals surface area contributed by atoms with Crippen LogP contribution >= 0.6 is 11.3 Å². The van der Waals surface area contributed by atoms with Gasteiger partial charge in [-0.2, -0.15) is 0 Å². The second-order valence-electron chi connectivity index (χ2n) is 6.87. The van der Waals surface area contributed by atoms with Crippen molar-refractivity contribution < 1.29 is 32.0 Å². The molecule has 0 spiro atoms. The van der Waals surface area contributed by atoms with Crippen LogP contribution in [0.1, 0.15) is 39.1 Å². The summed E-state index contributed by atoms with van der Waals surface area (Å²) in [6.07, 6.45) is 1.77. The highest BCUT2D eigenvalue weighted by Crippen LogP contribution is 2.28. The molecule has 11 heteroatoms. The molecule has 162 valence electrons. The van der Waals surface area contributed by atoms with Gasteiger partial charge in [-0.1, -0.05) is 0 Å². The number of hydrogen-bond donors (Lipinski definition) is 1. The van der Waals surface area contributed by atoms with Crippen LogP contribution in [-0.2, 0) is 19.4 Å². The van der Waals surface area contributed by atoms with Gasteiger partial charge in [0.2, 0.25) is 0 Å². The summed E-state index contributed by atoms with van der Waals surface area (Å²) in [5.41, 5.74) is 0.599. The monoisotopic (exact) mass is 454 g/mol. The molecule has 1 saturated heterocycles. The molecule has 30 heavy (non-hydrogen) atoms. The molecule has 0 radical (unpaired) electrons. The largest absolute Gasteiger partial charge is 0.459 e. The summed E-state index contributed by atoms with van der Waals surface area (Å²) in [6.45, 7) is 3.30. The van der Waals surface area contributed by atoms with E-state index in [0.29, 0.717) is 23.5 Å². The topological polar surface area (TPSA) is 123 Å². The Morgan fingerprint density at radius 2 is 2.13 bits per heavy atom. The highest BCUT2D eigenvalue weighted by molar-refractivity contribution is 7.91. The maximum Gasteiger partial charge on any atom is 0.349 e. The quantitative estimate of drug-likeness (QED) is 0.636. The van der Waals surface area contributed by atoms with E-state index < -0.39 is 40.3 Å². The molecule has 1 atom stereocenters. The summed E-state index contributed by atoms with van der Waals surface area (Å²) in [7, 11) is -3.13. The Bertz CT molecular complexity index is 1040. The van der Waals surface area contributed by atoms with Gasteiger partial charge in [-0.05, 0) is 44.0 Å². The van der Waals surface area contributed by atoms with Crippen LogP contribution in [0.5, 0.6) is 0 Å². The maximum absolute atomic E-state index is 12.5. The fraction of sp³-hybridized carbons (Fsp3) is 0.421. The number of furan rings is 1. The van der Waals surface area contributed by atoms with Crippen LogP contribution in [-0.4, -0.2) is 61.8 Å². The van der Waals surface area contributed by atoms with Crippen molar-refractivity contribution in [3.05, 3.63) is 40.7 Å². The number of esters is 1. The fourth-order valence-electron chi connectivity index (χ4n) is 3.26. The van der Waals surface area contributed by atoms with Gasteiger partial charge in [0.05, 0.1) is 22.8 Å². The Balaban J connectivity index is 1.58. The molecule has 2 aromatic rings. The average Bonchev–Trinajstić information content (AvgIpc) is 3.41. The van der Waals surface area contributed by atoms with E-state index >= 15 is 0 Å². The standard InChI is InChI=1S/C19H22N2O7S2/c1-3-21(13-6-8-30(25,26)11-13)16(22)10-28-19(24)17-12(2)9-15(29-17)20-18(23)14-5-4-7-27-14/h4-5,7,9,13H,3,6,8,10-11H2,1-2H3,(H,20,23). The highest BCUT2D eigenvalue weighted by Gasteiger charge is 2.34. The summed E-state index contributed by atoms with van der Waals surface area (Å²) in [4.78, 5) is 38.6. The lowest BCUT2D eigenvalue weighted by Crippen LogP contribution is -2.43. The summed E-state index contributed by atoms with van der Waals surface area (Å²) >= 11 is 1.03. The molecule has 0 aliphatic carbocycles. The van der Waals surface area contributed by atoms with Gasteiger partial charge in [0, 0.05) is 12.6 Å². The van der Waals surface area contributed by atoms with Crippen LogP contribution in [0.3, 0.4) is 0 Å². The molecule has 1 fully saturated rings. The first kappa shape index (κ1) is 22.0. The van der Waals surface area contributed by atoms with E-state index in [1.165, 1.54) is 17.2 Å². The van der Waals surface area contributed by atoms with E-state index in [9.17, 15) is 22.8 Å². The van der Waals surface area contributed by atoms with Crippen LogP contribution in [0, 0.1) is 6.92 Å². The number of hydrogen-bond acceptors (Lipinski definition) is 8. The maximum atomic E-state index is 12.5. The number of likely N-dealkylation sites (N-methyl/N-ethyl adjacent to an activating group) is 1. The third-order valence-corrected chi connectivity index (χ3v) is 7.60. The summed E-state index contributed by atoms with van der Waals surface area (Å²) in [5.74, 6) is -1.43. The first-order valence-electron chi connectivity index (χ1n) is 9.32. The molecule has 3 rings (SSSR count). The van der Waals surface area contributed by atoms with Gasteiger partial charge in [0.1, 0.15) is 4.88 Å². The van der Waals surface area contributed by atoms with Crippen LogP contribution in [0.2, 0.25) is 0 Å². The number of amides is 2. The van der Waals surface area contributed by atoms with Gasteiger partial charge < -0.3 is 19.4 Å². The minimum atomic E-state index is -3.13. The number of ether oxygens (including phenoxy) is 1. The molecule has 1 N–H and O–H groups in total. The minimum absolute atomic E-state index is 0.0577. The van der Waals surface area contributed by atoms with E-state index in [2.05, 4.69) is 5.32 Å². The summed E-state index contributed by atoms with van der Waals surface area (Å²) in [5, 5.41) is 3.09. The molecule has 0 saturated carbocycles. The zero-order chi connectivity index (χ0) is 21.9. The van der Waals surface area contributed by atoms with Gasteiger partial charge in [-0.25, -0.2) is 13.2 Å². The number of aryl methyl sites for hydroxylation is 1. The highest BCUT2D eigenvalue weighted by atomic mass is 32.2. The third-order valence-electron chi connectivity index (χ3n) is 4.72. The van der Waals surface area contributed by atoms with Crippen LogP contribution in [0.4, 0.5) is 5.00 Å². The molecule has 0 bridgehead atoms. The lowest BCUT2D eigenvalue weighted by Gasteiger charge is -2.26. The van der Waals surface area contributed by atoms with E-state index in [4.69, 9.17) is 9.15 Å². The van der Waals surface area contributed by atoms with Gasteiger partial charge in [0.25, 0.3) is 11.8 Å². The molecule has 1 aliphatic rings. The Kier molecular flexibility index (Phi) is 6.61. The second kappa shape index (κ2) is 9.00. The molecule has 3 heterocycles. The molecular formula is C19H22N2O7S2. The molecule has 2 aromatic heterocycles. The number of carbonyl (C=O) groups is 3. The van der Waals surface area contributed by atoms with Crippen molar-refractivity contribution in [1.82, 2.24) is 4.90 Å². The molecule has 9 nitrogen and oxygen atoms in total. The number of thiophene rings is 1. The zero-order valence-electron chi connectivity index (χ0n) is 16.5. The number of nitrogens with one attached hydrogen (secondary N) is 1. The Morgan fingerprint density at radius 1 is 1.37 bits per heavy atom. The van der Waals surface area contributed by atoms with Gasteiger partial charge in [-0.3, -0.25) is 9.59 Å². The van der Waals surface area contributed by atoms with Gasteiger partial charge in [-0.15, -0.1) is 11.3 Å². The van der Waals surface area contributed by atoms with E-state index in [1.807, 2.05) is 0 Å². The third kappa shape index (κ3) is 5.08. The Morgan fingerprint density at radius 3 is 2.73 bits per heavy atom. The van der Waals surface area contributed by atoms with Gasteiger partial charge >= 0.3 is 5.97 Å². The van der Waals surface area contributed by atoms with Gasteiger partial charge in [0.15, 0.2) is 22.2 Å². The minimum Gasteiger partial charge on any atom is -0.459 e. The first-order chi connectivity index (χ1) is 14.2. The fourth-order valence-corrected chi connectivity index (χ4v) is 5.95. The van der Waals surface area contributed by atoms with Crippen LogP contribution in [0.25, 0.3) is 0 Å². The average molecular weight is 455 g/mol. The van der Waals surface area contributed by atoms with Crippen LogP contribution in [0.15, 0.2) is 28.9 Å². The Labute approximate surface area is 177 Å². The van der Waals surface area contributed by atoms with E-state index in [1.54, 1.807) is 26.0 Å². The van der Waals surface area contributed by atoms with Crippen molar-refractivity contribution in [2.45, 2.75) is 26.3 Å². The lowest BCUT2D eigenvalue weighted by atomic mass is 10.2. The van der Waals surface area contributed by atoms with Crippen LogP contribution < -0.4 is 5.32 Å². The number of nitrogens with zero attached hydrogens (tertiary/aromatic N) is 1. The van der Waals surface area contributed by atoms with Crippen molar-refractivity contribution in [3.63, 3.8) is 0 Å². The normalized spacial score (nSPS) is 17.5. The Hall–Kier alpha value is -2.66. The molecule has 0 aromatic carbocycles. The molecular weight excluding hydrogens is 432 g/mol. The summed E-state index contributed by atoms with van der Waals surface area (Å²) in [6, 6.07) is 4.35. The van der Waals surface area contributed by atoms with Crippen molar-refractivity contribution in [2.24, 2.45) is 0 Å². The SMILES string of the molecule is CCN(C(=O)COC(=O)c1sc(NC(=O)c2ccco2)cc1C)C1CCS(=O)(=O)C1. The van der Waals surface area contributed by atoms with Crippen molar-refractivity contribution in [1.29, 1.82) is 0 Å². The predicted molar refractivity (Wildman–Crippen MR) is 110 cm³/mol. The number of sulfone groups is 1. The van der Waals surface area contributed by atoms with Crippen molar-refractivity contribution >= 4 is 44.0 Å². The zero-order valence-corrected chi connectivity index (χ0v) is 18.2. The number of carbonyl (C=O) groups excluding carboxylic acids is 3. The smallest absolute Gasteiger partial charge is 0.349 e. The molecule has 1 aliphatic heterocycles. The van der Waals surface area contributed by atoms with E-state index in [-0.39, 0.29) is 22.1 Å².